The fourth-order valence-electron chi connectivity index (χ4n) is 1.47. The summed E-state index contributed by atoms with van der Waals surface area (Å²) in [7, 11) is 2.03. The number of hydrazine groups is 1. The summed E-state index contributed by atoms with van der Waals surface area (Å²) < 4.78 is 0. The molecule has 0 aliphatic carbocycles. The molecular weight excluding hydrogens is 216 g/mol. The summed E-state index contributed by atoms with van der Waals surface area (Å²) in [5, 5.41) is 2.68. The Balaban J connectivity index is 2.37. The van der Waals surface area contributed by atoms with E-state index in [0.29, 0.717) is 6.54 Å². The smallest absolute Gasteiger partial charge is 0.328 e. The van der Waals surface area contributed by atoms with Crippen molar-refractivity contribution in [3.8, 4) is 0 Å². The Morgan fingerprint density at radius 3 is 2.65 bits per heavy atom. The second kappa shape index (κ2) is 6.88. The summed E-state index contributed by atoms with van der Waals surface area (Å²) in [4.78, 5) is 13.1. The SMILES string of the molecule is CC(CNC(=O)NN)N(C)Cc1ccccc1. The standard InChI is InChI=1S/C12H20N4O/c1-10(8-14-12(17)15-13)16(2)9-11-6-4-3-5-7-11/h3-7,10H,8-9,13H2,1-2H3,(H2,14,15,17). The van der Waals surface area contributed by atoms with E-state index < -0.39 is 0 Å². The van der Waals surface area contributed by atoms with Gasteiger partial charge in [-0.25, -0.2) is 10.6 Å². The summed E-state index contributed by atoms with van der Waals surface area (Å²) >= 11 is 0. The summed E-state index contributed by atoms with van der Waals surface area (Å²) in [5.41, 5.74) is 3.30. The number of nitrogens with two attached hydrogens (primary N) is 1. The largest absolute Gasteiger partial charge is 0.335 e. The van der Waals surface area contributed by atoms with Gasteiger partial charge in [-0.05, 0) is 19.5 Å². The Labute approximate surface area is 102 Å². The summed E-state index contributed by atoms with van der Waals surface area (Å²) in [6.07, 6.45) is 0. The maximum atomic E-state index is 10.9. The first-order valence-corrected chi connectivity index (χ1v) is 5.62. The van der Waals surface area contributed by atoms with Crippen molar-refractivity contribution < 1.29 is 4.79 Å². The molecule has 4 N–H and O–H groups in total. The highest BCUT2D eigenvalue weighted by molar-refractivity contribution is 5.73. The predicted octanol–water partition coefficient (Wildman–Crippen LogP) is 0.680. The van der Waals surface area contributed by atoms with Crippen molar-refractivity contribution >= 4 is 6.03 Å². The maximum absolute atomic E-state index is 10.9. The van der Waals surface area contributed by atoms with Crippen LogP contribution in [0.1, 0.15) is 12.5 Å². The third-order valence-electron chi connectivity index (χ3n) is 2.72. The molecule has 5 heteroatoms. The van der Waals surface area contributed by atoms with Crippen molar-refractivity contribution in [3.05, 3.63) is 35.9 Å². The lowest BCUT2D eigenvalue weighted by molar-refractivity contribution is 0.223. The molecule has 0 fully saturated rings. The number of nitrogens with zero attached hydrogens (tertiary/aromatic N) is 1. The van der Waals surface area contributed by atoms with Crippen LogP contribution in [0.2, 0.25) is 0 Å². The van der Waals surface area contributed by atoms with Crippen LogP contribution < -0.4 is 16.6 Å². The fourth-order valence-corrected chi connectivity index (χ4v) is 1.47. The minimum Gasteiger partial charge on any atom is -0.335 e. The number of hydrogen-bond donors (Lipinski definition) is 3. The van der Waals surface area contributed by atoms with Gasteiger partial charge in [0.05, 0.1) is 0 Å². The number of carbonyl (C=O) groups is 1. The van der Waals surface area contributed by atoms with Crippen LogP contribution in [0.4, 0.5) is 4.79 Å². The van der Waals surface area contributed by atoms with Crippen LogP contribution in [0, 0.1) is 0 Å². The molecule has 1 unspecified atom stereocenters. The fraction of sp³-hybridized carbons (Fsp3) is 0.417. The molecule has 1 aromatic rings. The minimum absolute atomic E-state index is 0.243. The van der Waals surface area contributed by atoms with E-state index in [1.54, 1.807) is 0 Å². The van der Waals surface area contributed by atoms with Crippen molar-refractivity contribution in [2.24, 2.45) is 5.84 Å². The molecule has 1 atom stereocenters. The lowest BCUT2D eigenvalue weighted by atomic mass is 10.2. The number of rotatable bonds is 5. The average Bonchev–Trinajstić information content (AvgIpc) is 2.36. The van der Waals surface area contributed by atoms with Crippen LogP contribution in [0.25, 0.3) is 0 Å². The van der Waals surface area contributed by atoms with Crippen LogP contribution in [0.15, 0.2) is 30.3 Å². The quantitative estimate of drug-likeness (QED) is 0.400. The lowest BCUT2D eigenvalue weighted by Crippen LogP contribution is -2.45. The van der Waals surface area contributed by atoms with Gasteiger partial charge in [-0.2, -0.15) is 0 Å². The van der Waals surface area contributed by atoms with E-state index in [9.17, 15) is 4.79 Å². The van der Waals surface area contributed by atoms with Gasteiger partial charge >= 0.3 is 6.03 Å². The molecule has 0 aliphatic rings. The van der Waals surface area contributed by atoms with Crippen molar-refractivity contribution in [2.75, 3.05) is 13.6 Å². The molecule has 0 aliphatic heterocycles. The molecule has 1 rings (SSSR count). The molecule has 0 aromatic heterocycles. The van der Waals surface area contributed by atoms with E-state index in [0.717, 1.165) is 6.54 Å². The first-order valence-electron chi connectivity index (χ1n) is 5.62. The Morgan fingerprint density at radius 1 is 1.41 bits per heavy atom. The van der Waals surface area contributed by atoms with E-state index >= 15 is 0 Å². The molecule has 0 heterocycles. The molecule has 0 radical (unpaired) electrons. The van der Waals surface area contributed by atoms with E-state index in [1.165, 1.54) is 5.56 Å². The molecule has 0 spiro atoms. The summed E-state index contributed by atoms with van der Waals surface area (Å²) in [6, 6.07) is 10.1. The zero-order valence-electron chi connectivity index (χ0n) is 10.3. The van der Waals surface area contributed by atoms with Gasteiger partial charge in [0, 0.05) is 19.1 Å². The molecule has 1 aromatic carbocycles. The van der Waals surface area contributed by atoms with Gasteiger partial charge < -0.3 is 5.32 Å². The number of benzene rings is 1. The van der Waals surface area contributed by atoms with Crippen LogP contribution in [0.5, 0.6) is 0 Å². The predicted molar refractivity (Wildman–Crippen MR) is 68.1 cm³/mol. The molecule has 17 heavy (non-hydrogen) atoms. The highest BCUT2D eigenvalue weighted by Crippen LogP contribution is 2.05. The van der Waals surface area contributed by atoms with Crippen molar-refractivity contribution in [1.82, 2.24) is 15.6 Å². The Hall–Kier alpha value is -1.59. The van der Waals surface area contributed by atoms with Crippen LogP contribution in [-0.2, 0) is 6.54 Å². The average molecular weight is 236 g/mol. The molecule has 5 nitrogen and oxygen atoms in total. The summed E-state index contributed by atoms with van der Waals surface area (Å²) in [6.45, 7) is 3.47. The zero-order valence-corrected chi connectivity index (χ0v) is 10.3. The maximum Gasteiger partial charge on any atom is 0.328 e. The molecular formula is C12H20N4O. The number of likely N-dealkylation sites (N-methyl/N-ethyl adjacent to an activating group) is 1. The van der Waals surface area contributed by atoms with Gasteiger partial charge in [0.15, 0.2) is 0 Å². The lowest BCUT2D eigenvalue weighted by Gasteiger charge is -2.24. The van der Waals surface area contributed by atoms with Crippen LogP contribution >= 0.6 is 0 Å². The van der Waals surface area contributed by atoms with Gasteiger partial charge in [-0.15, -0.1) is 0 Å². The third kappa shape index (κ3) is 4.84. The van der Waals surface area contributed by atoms with Crippen LogP contribution in [-0.4, -0.2) is 30.6 Å². The third-order valence-corrected chi connectivity index (χ3v) is 2.72. The van der Waals surface area contributed by atoms with Crippen molar-refractivity contribution in [1.29, 1.82) is 0 Å². The van der Waals surface area contributed by atoms with E-state index in [1.807, 2.05) is 30.7 Å². The number of amides is 2. The number of nitrogens with one attached hydrogen (secondary N) is 2. The molecule has 0 saturated carbocycles. The van der Waals surface area contributed by atoms with Gasteiger partial charge in [-0.1, -0.05) is 30.3 Å². The Kier molecular flexibility index (Phi) is 5.45. The van der Waals surface area contributed by atoms with Crippen molar-refractivity contribution in [2.45, 2.75) is 19.5 Å². The monoisotopic (exact) mass is 236 g/mol. The van der Waals surface area contributed by atoms with Gasteiger partial charge in [0.25, 0.3) is 0 Å². The second-order valence-corrected chi connectivity index (χ2v) is 4.10. The number of carbonyl (C=O) groups excluding carboxylic acids is 1. The highest BCUT2D eigenvalue weighted by Gasteiger charge is 2.10. The van der Waals surface area contributed by atoms with E-state index in [-0.39, 0.29) is 12.1 Å². The van der Waals surface area contributed by atoms with E-state index in [4.69, 9.17) is 5.84 Å². The summed E-state index contributed by atoms with van der Waals surface area (Å²) in [5.74, 6) is 4.98. The molecule has 0 saturated heterocycles. The Bertz CT molecular complexity index is 342. The first-order chi connectivity index (χ1) is 8.13. The van der Waals surface area contributed by atoms with Gasteiger partial charge in [-0.3, -0.25) is 10.3 Å². The highest BCUT2D eigenvalue weighted by atomic mass is 16.2. The number of urea groups is 1. The number of hydrogen-bond acceptors (Lipinski definition) is 3. The minimum atomic E-state index is -0.357. The molecule has 0 bridgehead atoms. The van der Waals surface area contributed by atoms with Crippen LogP contribution in [0.3, 0.4) is 0 Å². The van der Waals surface area contributed by atoms with Crippen molar-refractivity contribution in [3.63, 3.8) is 0 Å². The van der Waals surface area contributed by atoms with Gasteiger partial charge in [0.2, 0.25) is 0 Å². The molecule has 2 amide bonds. The normalized spacial score (nSPS) is 12.2. The second-order valence-electron chi connectivity index (χ2n) is 4.10. The van der Waals surface area contributed by atoms with Gasteiger partial charge in [0.1, 0.15) is 0 Å². The van der Waals surface area contributed by atoms with E-state index in [2.05, 4.69) is 29.3 Å². The zero-order chi connectivity index (χ0) is 12.7. The first kappa shape index (κ1) is 13.5. The Morgan fingerprint density at radius 2 is 2.06 bits per heavy atom. The topological polar surface area (TPSA) is 70.4 Å². The molecule has 94 valence electrons.